The number of aliphatic hydroxyl groups is 1. The van der Waals surface area contributed by atoms with Crippen molar-refractivity contribution in [1.29, 1.82) is 0 Å². The molecule has 0 spiro atoms. The van der Waals surface area contributed by atoms with Crippen molar-refractivity contribution in [2.45, 2.75) is 44.8 Å². The predicted molar refractivity (Wildman–Crippen MR) is 119 cm³/mol. The highest BCUT2D eigenvalue weighted by atomic mass is 16.5. The molecule has 0 aliphatic heterocycles. The van der Waals surface area contributed by atoms with E-state index in [1.807, 2.05) is 60.7 Å². The lowest BCUT2D eigenvalue weighted by molar-refractivity contribution is -0.123. The number of nitrogens with zero attached hydrogens (tertiary/aromatic N) is 1. The number of hydrogen-bond donors (Lipinski definition) is 1. The summed E-state index contributed by atoms with van der Waals surface area (Å²) in [5.74, 6) is 0.657. The van der Waals surface area contributed by atoms with Crippen LogP contribution in [0.1, 0.15) is 37.7 Å². The van der Waals surface area contributed by atoms with E-state index in [2.05, 4.69) is 0 Å². The van der Waals surface area contributed by atoms with Crippen LogP contribution >= 0.6 is 0 Å². The number of rotatable bonds is 9. The Morgan fingerprint density at radius 1 is 1.06 bits per heavy atom. The summed E-state index contributed by atoms with van der Waals surface area (Å²) in [6.07, 6.45) is 4.73. The second kappa shape index (κ2) is 9.75. The van der Waals surface area contributed by atoms with Crippen molar-refractivity contribution in [3.8, 4) is 0 Å². The van der Waals surface area contributed by atoms with Gasteiger partial charge in [-0.3, -0.25) is 4.79 Å². The lowest BCUT2D eigenvalue weighted by Gasteiger charge is -2.23. The van der Waals surface area contributed by atoms with E-state index in [0.717, 1.165) is 43.2 Å². The predicted octanol–water partition coefficient (Wildman–Crippen LogP) is 3.99. The summed E-state index contributed by atoms with van der Waals surface area (Å²) in [4.78, 5) is 26.4. The van der Waals surface area contributed by atoms with Crippen LogP contribution < -0.4 is 4.90 Å². The number of para-hydroxylation sites is 1. The number of carbonyl (C=O) groups excluding carboxylic acids is 2. The highest BCUT2D eigenvalue weighted by Gasteiger charge is 2.52. The van der Waals surface area contributed by atoms with Gasteiger partial charge in [-0.2, -0.15) is 0 Å². The monoisotopic (exact) mass is 421 g/mol. The number of carbonyl (C=O) groups is 2. The minimum Gasteiger partial charge on any atom is -0.393 e. The van der Waals surface area contributed by atoms with Crippen LogP contribution in [0.5, 0.6) is 0 Å². The van der Waals surface area contributed by atoms with Crippen LogP contribution in [0.3, 0.4) is 0 Å². The highest BCUT2D eigenvalue weighted by Crippen LogP contribution is 2.55. The molecule has 0 saturated heterocycles. The number of hydrogen-bond acceptors (Lipinski definition) is 4. The number of ether oxygens (including phenoxy) is 1. The third-order valence-electron chi connectivity index (χ3n) is 6.95. The smallest absolute Gasteiger partial charge is 0.253 e. The van der Waals surface area contributed by atoms with Crippen molar-refractivity contribution >= 4 is 17.9 Å². The van der Waals surface area contributed by atoms with Crippen LogP contribution in [0.2, 0.25) is 0 Å². The Balaban J connectivity index is 1.29. The van der Waals surface area contributed by atoms with Crippen LogP contribution in [0.15, 0.2) is 60.7 Å². The molecular formula is C26H31NO4. The minimum absolute atomic E-state index is 0.0371. The number of anilines is 1. The zero-order valence-electron chi connectivity index (χ0n) is 17.9. The minimum atomic E-state index is -0.335. The van der Waals surface area contributed by atoms with Gasteiger partial charge in [0.05, 0.1) is 12.6 Å². The Kier molecular flexibility index (Phi) is 6.83. The zero-order valence-corrected chi connectivity index (χ0v) is 17.9. The van der Waals surface area contributed by atoms with E-state index < -0.39 is 0 Å². The average molecular weight is 422 g/mol. The quantitative estimate of drug-likeness (QED) is 0.491. The fraction of sp³-hybridized carbons (Fsp3) is 0.462. The molecule has 2 fully saturated rings. The van der Waals surface area contributed by atoms with E-state index >= 15 is 0 Å². The van der Waals surface area contributed by atoms with E-state index in [-0.39, 0.29) is 24.0 Å². The molecule has 5 nitrogen and oxygen atoms in total. The van der Waals surface area contributed by atoms with Crippen molar-refractivity contribution < 1.29 is 19.4 Å². The van der Waals surface area contributed by atoms with Gasteiger partial charge in [-0.25, -0.2) is 0 Å². The van der Waals surface area contributed by atoms with Crippen molar-refractivity contribution in [2.24, 2.45) is 17.3 Å². The van der Waals surface area contributed by atoms with Crippen molar-refractivity contribution in [3.63, 3.8) is 0 Å². The number of benzene rings is 2. The largest absolute Gasteiger partial charge is 0.393 e. The van der Waals surface area contributed by atoms with Crippen molar-refractivity contribution in [3.05, 3.63) is 66.2 Å². The molecule has 1 N–H and O–H groups in total. The zero-order chi connectivity index (χ0) is 21.7. The Labute approximate surface area is 184 Å². The molecule has 2 aromatic rings. The van der Waals surface area contributed by atoms with E-state index in [0.29, 0.717) is 31.4 Å². The Bertz CT molecular complexity index is 871. The molecule has 4 rings (SSSR count). The van der Waals surface area contributed by atoms with Crippen molar-refractivity contribution in [2.75, 3.05) is 18.1 Å². The SMILES string of the molecule is O=C[C@@]12CC(CCOCC(=O)N(Cc3ccccc3)c3ccccc3)C[C@@H]1C[C@@H](O)C2. The maximum absolute atomic E-state index is 13.0. The van der Waals surface area contributed by atoms with Crippen LogP contribution in [-0.2, 0) is 20.9 Å². The first-order chi connectivity index (χ1) is 15.1. The van der Waals surface area contributed by atoms with Gasteiger partial charge in [-0.15, -0.1) is 0 Å². The summed E-state index contributed by atoms with van der Waals surface area (Å²) in [6.45, 7) is 1.05. The number of fused-ring (bicyclic) bond motifs is 1. The molecule has 0 aromatic heterocycles. The third kappa shape index (κ3) is 5.05. The second-order valence-corrected chi connectivity index (χ2v) is 9.09. The summed E-state index contributed by atoms with van der Waals surface area (Å²) in [7, 11) is 0. The first-order valence-corrected chi connectivity index (χ1v) is 11.2. The van der Waals surface area contributed by atoms with Crippen molar-refractivity contribution in [1.82, 2.24) is 0 Å². The summed E-state index contributed by atoms with van der Waals surface area (Å²) in [5.41, 5.74) is 1.59. The molecule has 2 saturated carbocycles. The summed E-state index contributed by atoms with van der Waals surface area (Å²) >= 11 is 0. The molecule has 31 heavy (non-hydrogen) atoms. The van der Waals surface area contributed by atoms with Gasteiger partial charge in [-0.05, 0) is 61.6 Å². The van der Waals surface area contributed by atoms with Gasteiger partial charge in [-0.1, -0.05) is 48.5 Å². The lowest BCUT2D eigenvalue weighted by atomic mass is 9.81. The normalized spacial score (nSPS) is 27.1. The second-order valence-electron chi connectivity index (χ2n) is 9.09. The maximum atomic E-state index is 13.0. The van der Waals surface area contributed by atoms with E-state index in [1.54, 1.807) is 4.90 Å². The Morgan fingerprint density at radius 2 is 1.77 bits per heavy atom. The van der Waals surface area contributed by atoms with Gasteiger partial charge < -0.3 is 19.5 Å². The molecule has 4 atom stereocenters. The van der Waals surface area contributed by atoms with Gasteiger partial charge in [0, 0.05) is 17.7 Å². The molecule has 2 aromatic carbocycles. The molecular weight excluding hydrogens is 390 g/mol. The van der Waals surface area contributed by atoms with E-state index in [4.69, 9.17) is 4.74 Å². The standard InChI is InChI=1S/C26H31NO4/c28-19-26-15-21(13-22(26)14-24(29)16-26)11-12-31-18-25(30)27(23-9-5-2-6-10-23)17-20-7-3-1-4-8-20/h1-10,19,21-22,24,29H,11-18H2/t21?,22-,24-,26+/m1/s1. The average Bonchev–Trinajstić information content (AvgIpc) is 3.28. The highest BCUT2D eigenvalue weighted by molar-refractivity contribution is 5.94. The van der Waals surface area contributed by atoms with Gasteiger partial charge in [0.25, 0.3) is 5.91 Å². The third-order valence-corrected chi connectivity index (χ3v) is 6.95. The molecule has 0 bridgehead atoms. The van der Waals surface area contributed by atoms with Crippen LogP contribution in [0.4, 0.5) is 5.69 Å². The first kappa shape index (κ1) is 21.7. The Hall–Kier alpha value is -2.50. The molecule has 0 heterocycles. The lowest BCUT2D eigenvalue weighted by Crippen LogP contribution is -2.33. The van der Waals surface area contributed by atoms with E-state index in [1.165, 1.54) is 0 Å². The fourth-order valence-corrected chi connectivity index (χ4v) is 5.45. The molecule has 5 heteroatoms. The molecule has 2 aliphatic rings. The van der Waals surface area contributed by atoms with Crippen LogP contribution in [0.25, 0.3) is 0 Å². The van der Waals surface area contributed by atoms with Gasteiger partial charge >= 0.3 is 0 Å². The van der Waals surface area contributed by atoms with Gasteiger partial charge in [0.2, 0.25) is 0 Å². The number of aldehydes is 1. The summed E-state index contributed by atoms with van der Waals surface area (Å²) in [5, 5.41) is 9.92. The molecule has 1 amide bonds. The molecule has 0 radical (unpaired) electrons. The topological polar surface area (TPSA) is 66.8 Å². The van der Waals surface area contributed by atoms with Crippen LogP contribution in [0, 0.1) is 17.3 Å². The van der Waals surface area contributed by atoms with E-state index in [9.17, 15) is 14.7 Å². The number of aliphatic hydroxyl groups excluding tert-OH is 1. The fourth-order valence-electron chi connectivity index (χ4n) is 5.45. The van der Waals surface area contributed by atoms with Gasteiger partial charge in [0.1, 0.15) is 12.9 Å². The first-order valence-electron chi connectivity index (χ1n) is 11.2. The summed E-state index contributed by atoms with van der Waals surface area (Å²) < 4.78 is 5.78. The summed E-state index contributed by atoms with van der Waals surface area (Å²) in [6, 6.07) is 19.6. The number of amides is 1. The molecule has 2 aliphatic carbocycles. The molecule has 164 valence electrons. The Morgan fingerprint density at radius 3 is 2.45 bits per heavy atom. The van der Waals surface area contributed by atoms with Crippen LogP contribution in [-0.4, -0.2) is 36.6 Å². The molecule has 1 unspecified atom stereocenters. The maximum Gasteiger partial charge on any atom is 0.253 e. The van der Waals surface area contributed by atoms with Gasteiger partial charge in [0.15, 0.2) is 0 Å².